The summed E-state index contributed by atoms with van der Waals surface area (Å²) in [5.74, 6) is 0.290. The molecule has 0 fully saturated rings. The van der Waals surface area contributed by atoms with Gasteiger partial charge in [0, 0.05) is 5.02 Å². The van der Waals surface area contributed by atoms with Crippen LogP contribution in [0, 0.1) is 6.92 Å². The van der Waals surface area contributed by atoms with Crippen molar-refractivity contribution < 1.29 is 9.53 Å². The number of carbonyl (C=O) groups excluding carboxylic acids is 1. The number of hydrogen-bond acceptors (Lipinski definition) is 3. The van der Waals surface area contributed by atoms with Crippen LogP contribution in [-0.2, 0) is 4.79 Å². The molecule has 0 bridgehead atoms. The summed E-state index contributed by atoms with van der Waals surface area (Å²) in [7, 11) is 0. The molecule has 0 aromatic heterocycles. The monoisotopic (exact) mass is 368 g/mol. The van der Waals surface area contributed by atoms with E-state index in [0.717, 1.165) is 5.56 Å². The van der Waals surface area contributed by atoms with Crippen LogP contribution in [0.3, 0.4) is 0 Å². The molecule has 0 saturated carbocycles. The molecule has 0 saturated heterocycles. The van der Waals surface area contributed by atoms with Crippen molar-refractivity contribution in [2.75, 3.05) is 11.9 Å². The molecule has 0 spiro atoms. The first-order valence-corrected chi connectivity index (χ1v) is 7.86. The molecule has 0 aliphatic heterocycles. The van der Waals surface area contributed by atoms with E-state index in [2.05, 4.69) is 10.6 Å². The highest BCUT2D eigenvalue weighted by molar-refractivity contribution is 7.80. The van der Waals surface area contributed by atoms with Gasteiger partial charge in [0.2, 0.25) is 0 Å². The Morgan fingerprint density at radius 1 is 1.22 bits per heavy atom. The van der Waals surface area contributed by atoms with E-state index in [1.807, 2.05) is 25.1 Å². The topological polar surface area (TPSA) is 50.4 Å². The molecule has 7 heteroatoms. The lowest BCUT2D eigenvalue weighted by Crippen LogP contribution is -2.37. The lowest BCUT2D eigenvalue weighted by Gasteiger charge is -2.12. The predicted molar refractivity (Wildman–Crippen MR) is 97.5 cm³/mol. The molecule has 0 radical (unpaired) electrons. The molecule has 0 atom stereocenters. The Hall–Kier alpha value is -1.82. The molecular formula is C16H14Cl2N2O2S. The Kier molecular flexibility index (Phi) is 6.21. The highest BCUT2D eigenvalue weighted by Gasteiger charge is 2.08. The molecule has 2 aromatic rings. The van der Waals surface area contributed by atoms with Crippen LogP contribution >= 0.6 is 35.4 Å². The number of rotatable bonds is 4. The molecule has 4 nitrogen and oxygen atoms in total. The molecule has 0 unspecified atom stereocenters. The van der Waals surface area contributed by atoms with Gasteiger partial charge in [0.05, 0.1) is 10.7 Å². The summed E-state index contributed by atoms with van der Waals surface area (Å²) in [5.41, 5.74) is 1.51. The maximum atomic E-state index is 11.8. The Morgan fingerprint density at radius 3 is 2.65 bits per heavy atom. The van der Waals surface area contributed by atoms with Crippen LogP contribution in [0.1, 0.15) is 5.56 Å². The molecule has 0 aliphatic carbocycles. The lowest BCUT2D eigenvalue weighted by molar-refractivity contribution is -0.121. The van der Waals surface area contributed by atoms with Gasteiger partial charge in [-0.1, -0.05) is 41.4 Å². The van der Waals surface area contributed by atoms with Gasteiger partial charge in [-0.15, -0.1) is 0 Å². The first kappa shape index (κ1) is 17.5. The molecule has 2 rings (SSSR count). The van der Waals surface area contributed by atoms with Crippen molar-refractivity contribution in [2.24, 2.45) is 0 Å². The second-order valence-corrected chi connectivity index (χ2v) is 5.93. The molecule has 2 aromatic carbocycles. The van der Waals surface area contributed by atoms with Gasteiger partial charge in [0.25, 0.3) is 5.91 Å². The average Bonchev–Trinajstić information content (AvgIpc) is 2.49. The van der Waals surface area contributed by atoms with Gasteiger partial charge in [-0.3, -0.25) is 10.1 Å². The van der Waals surface area contributed by atoms with E-state index < -0.39 is 0 Å². The zero-order chi connectivity index (χ0) is 16.8. The van der Waals surface area contributed by atoms with Crippen LogP contribution < -0.4 is 15.4 Å². The minimum Gasteiger partial charge on any atom is -0.483 e. The first-order valence-electron chi connectivity index (χ1n) is 6.70. The number of anilines is 1. The largest absolute Gasteiger partial charge is 0.483 e. The number of amides is 1. The SMILES string of the molecule is Cc1ccccc1OCC(=O)NC(=S)Nc1ccc(Cl)cc1Cl. The van der Waals surface area contributed by atoms with Crippen molar-refractivity contribution in [3.63, 3.8) is 0 Å². The second-order valence-electron chi connectivity index (χ2n) is 4.68. The summed E-state index contributed by atoms with van der Waals surface area (Å²) >= 11 is 16.9. The summed E-state index contributed by atoms with van der Waals surface area (Å²) in [5, 5.41) is 6.41. The normalized spacial score (nSPS) is 10.0. The quantitative estimate of drug-likeness (QED) is 0.794. The van der Waals surface area contributed by atoms with Crippen LogP contribution in [0.25, 0.3) is 0 Å². The Bertz CT molecular complexity index is 738. The zero-order valence-electron chi connectivity index (χ0n) is 12.2. The van der Waals surface area contributed by atoms with E-state index in [9.17, 15) is 4.79 Å². The number of carbonyl (C=O) groups is 1. The molecular weight excluding hydrogens is 355 g/mol. The fraction of sp³-hybridized carbons (Fsp3) is 0.125. The third-order valence-corrected chi connectivity index (χ3v) is 3.64. The Balaban J connectivity index is 1.85. The van der Waals surface area contributed by atoms with E-state index in [1.54, 1.807) is 24.3 Å². The average molecular weight is 369 g/mol. The molecule has 23 heavy (non-hydrogen) atoms. The highest BCUT2D eigenvalue weighted by Crippen LogP contribution is 2.25. The van der Waals surface area contributed by atoms with Crippen LogP contribution in [0.15, 0.2) is 42.5 Å². The van der Waals surface area contributed by atoms with Crippen molar-refractivity contribution in [1.29, 1.82) is 0 Å². The van der Waals surface area contributed by atoms with E-state index in [4.69, 9.17) is 40.2 Å². The number of thiocarbonyl (C=S) groups is 1. The lowest BCUT2D eigenvalue weighted by atomic mass is 10.2. The van der Waals surface area contributed by atoms with Gasteiger partial charge in [-0.2, -0.15) is 0 Å². The Labute approximate surface area is 149 Å². The number of nitrogens with one attached hydrogen (secondary N) is 2. The molecule has 0 heterocycles. The fourth-order valence-corrected chi connectivity index (χ4v) is 2.45. The Morgan fingerprint density at radius 2 is 1.96 bits per heavy atom. The van der Waals surface area contributed by atoms with Crippen LogP contribution in [-0.4, -0.2) is 17.6 Å². The van der Waals surface area contributed by atoms with Crippen molar-refractivity contribution in [1.82, 2.24) is 5.32 Å². The van der Waals surface area contributed by atoms with Gasteiger partial charge in [0.1, 0.15) is 5.75 Å². The van der Waals surface area contributed by atoms with Gasteiger partial charge < -0.3 is 10.1 Å². The van der Waals surface area contributed by atoms with Crippen LogP contribution in [0.5, 0.6) is 5.75 Å². The third-order valence-electron chi connectivity index (χ3n) is 2.88. The van der Waals surface area contributed by atoms with Gasteiger partial charge >= 0.3 is 0 Å². The number of aryl methyl sites for hydroxylation is 1. The maximum absolute atomic E-state index is 11.8. The third kappa shape index (κ3) is 5.39. The van der Waals surface area contributed by atoms with Gasteiger partial charge in [-0.25, -0.2) is 0 Å². The predicted octanol–water partition coefficient (Wildman–Crippen LogP) is 4.19. The number of benzene rings is 2. The first-order chi connectivity index (χ1) is 11.0. The minimum absolute atomic E-state index is 0.132. The minimum atomic E-state index is -0.365. The summed E-state index contributed by atoms with van der Waals surface area (Å²) in [6.07, 6.45) is 0. The smallest absolute Gasteiger partial charge is 0.264 e. The van der Waals surface area contributed by atoms with Crippen molar-refractivity contribution in [2.45, 2.75) is 6.92 Å². The van der Waals surface area contributed by atoms with Gasteiger partial charge in [0.15, 0.2) is 11.7 Å². The van der Waals surface area contributed by atoms with Crippen molar-refractivity contribution in [3.05, 3.63) is 58.1 Å². The van der Waals surface area contributed by atoms with Crippen molar-refractivity contribution in [3.8, 4) is 5.75 Å². The molecule has 1 amide bonds. The van der Waals surface area contributed by atoms with E-state index >= 15 is 0 Å². The fourth-order valence-electron chi connectivity index (χ4n) is 1.77. The summed E-state index contributed by atoms with van der Waals surface area (Å²) in [4.78, 5) is 11.8. The van der Waals surface area contributed by atoms with E-state index in [0.29, 0.717) is 21.5 Å². The van der Waals surface area contributed by atoms with Crippen molar-refractivity contribution >= 4 is 52.1 Å². The summed E-state index contributed by atoms with van der Waals surface area (Å²) < 4.78 is 5.45. The summed E-state index contributed by atoms with van der Waals surface area (Å²) in [6.45, 7) is 1.77. The van der Waals surface area contributed by atoms with E-state index in [-0.39, 0.29) is 17.6 Å². The number of para-hydroxylation sites is 1. The second kappa shape index (κ2) is 8.15. The maximum Gasteiger partial charge on any atom is 0.264 e. The summed E-state index contributed by atoms with van der Waals surface area (Å²) in [6, 6.07) is 12.4. The van der Waals surface area contributed by atoms with Crippen LogP contribution in [0.2, 0.25) is 10.0 Å². The number of hydrogen-bond donors (Lipinski definition) is 2. The van der Waals surface area contributed by atoms with E-state index in [1.165, 1.54) is 0 Å². The molecule has 120 valence electrons. The highest BCUT2D eigenvalue weighted by atomic mass is 35.5. The van der Waals surface area contributed by atoms with Crippen LogP contribution in [0.4, 0.5) is 5.69 Å². The number of ether oxygens (including phenoxy) is 1. The standard InChI is InChI=1S/C16H14Cl2N2O2S/c1-10-4-2-3-5-14(10)22-9-15(21)20-16(23)19-13-7-6-11(17)8-12(13)18/h2-8H,9H2,1H3,(H2,19,20,21,23). The zero-order valence-corrected chi connectivity index (χ0v) is 14.6. The molecule has 0 aliphatic rings. The number of halogens is 2. The molecule has 2 N–H and O–H groups in total. The van der Waals surface area contributed by atoms with Gasteiger partial charge in [-0.05, 0) is 49.0 Å².